The van der Waals surface area contributed by atoms with Gasteiger partial charge in [-0.1, -0.05) is 24.3 Å². The van der Waals surface area contributed by atoms with E-state index >= 15 is 0 Å². The number of benzene rings is 1. The van der Waals surface area contributed by atoms with Crippen LogP contribution < -0.4 is 10.2 Å². The number of anilines is 1. The zero-order valence-corrected chi connectivity index (χ0v) is 10.6. The van der Waals surface area contributed by atoms with Gasteiger partial charge in [0.2, 0.25) is 5.91 Å². The summed E-state index contributed by atoms with van der Waals surface area (Å²) in [7, 11) is 0. The van der Waals surface area contributed by atoms with Gasteiger partial charge in [-0.15, -0.1) is 0 Å². The summed E-state index contributed by atoms with van der Waals surface area (Å²) in [5, 5.41) is 2.68. The van der Waals surface area contributed by atoms with Crippen molar-refractivity contribution in [2.24, 2.45) is 0 Å². The van der Waals surface area contributed by atoms with E-state index in [0.717, 1.165) is 16.8 Å². The number of nitrogens with zero attached hydrogens (tertiary/aromatic N) is 1. The predicted octanol–water partition coefficient (Wildman–Crippen LogP) is 1.70. The molecule has 18 heavy (non-hydrogen) atoms. The Bertz CT molecular complexity index is 523. The third-order valence-corrected chi connectivity index (χ3v) is 3.09. The molecule has 0 aromatic heterocycles. The lowest BCUT2D eigenvalue weighted by atomic mass is 10.1. The van der Waals surface area contributed by atoms with Crippen molar-refractivity contribution in [1.29, 1.82) is 0 Å². The number of hydrogen-bond acceptors (Lipinski definition) is 2. The third-order valence-electron chi connectivity index (χ3n) is 3.09. The predicted molar refractivity (Wildman–Crippen MR) is 70.3 cm³/mol. The van der Waals surface area contributed by atoms with Crippen LogP contribution in [-0.4, -0.2) is 18.4 Å². The number of hydrogen-bond donors (Lipinski definition) is 1. The topological polar surface area (TPSA) is 49.4 Å². The summed E-state index contributed by atoms with van der Waals surface area (Å²) in [6.45, 7) is 7.88. The Morgan fingerprint density at radius 2 is 2.28 bits per heavy atom. The van der Waals surface area contributed by atoms with Crippen LogP contribution in [0.1, 0.15) is 24.1 Å². The first kappa shape index (κ1) is 12.4. The zero-order valence-electron chi connectivity index (χ0n) is 10.6. The summed E-state index contributed by atoms with van der Waals surface area (Å²) in [4.78, 5) is 25.3. The monoisotopic (exact) mass is 244 g/mol. The molecule has 0 saturated heterocycles. The molecule has 2 rings (SSSR count). The molecule has 1 aliphatic rings. The van der Waals surface area contributed by atoms with Crippen molar-refractivity contribution >= 4 is 17.5 Å². The highest BCUT2D eigenvalue weighted by atomic mass is 16.2. The van der Waals surface area contributed by atoms with Gasteiger partial charge in [-0.05, 0) is 26.0 Å². The fourth-order valence-corrected chi connectivity index (χ4v) is 2.23. The maximum atomic E-state index is 12.2. The zero-order chi connectivity index (χ0) is 13.3. The van der Waals surface area contributed by atoms with E-state index in [-0.39, 0.29) is 11.8 Å². The minimum absolute atomic E-state index is 0.0895. The molecule has 1 unspecified atom stereocenters. The Kier molecular flexibility index (Phi) is 3.19. The summed E-state index contributed by atoms with van der Waals surface area (Å²) in [5.41, 5.74) is 2.80. The highest BCUT2D eigenvalue weighted by molar-refractivity contribution is 6.07. The molecule has 4 nitrogen and oxygen atoms in total. The number of fused-ring (bicyclic) bond motifs is 1. The van der Waals surface area contributed by atoms with Gasteiger partial charge < -0.3 is 10.2 Å². The molecular weight excluding hydrogens is 228 g/mol. The maximum Gasteiger partial charge on any atom is 0.254 e. The van der Waals surface area contributed by atoms with Crippen molar-refractivity contribution in [2.75, 3.05) is 11.4 Å². The van der Waals surface area contributed by atoms with Crippen molar-refractivity contribution in [3.8, 4) is 0 Å². The van der Waals surface area contributed by atoms with E-state index in [1.165, 1.54) is 6.08 Å². The van der Waals surface area contributed by atoms with Crippen molar-refractivity contribution in [3.63, 3.8) is 0 Å². The highest BCUT2D eigenvalue weighted by Crippen LogP contribution is 2.36. The van der Waals surface area contributed by atoms with E-state index in [4.69, 9.17) is 0 Å². The van der Waals surface area contributed by atoms with E-state index < -0.39 is 6.04 Å². The molecule has 94 valence electrons. The third kappa shape index (κ3) is 1.90. The second-order valence-corrected chi connectivity index (χ2v) is 4.29. The minimum Gasteiger partial charge on any atom is -0.337 e. The maximum absolute atomic E-state index is 12.2. The van der Waals surface area contributed by atoms with E-state index in [0.29, 0.717) is 6.54 Å². The van der Waals surface area contributed by atoms with E-state index in [1.54, 1.807) is 4.90 Å². The highest BCUT2D eigenvalue weighted by Gasteiger charge is 2.36. The van der Waals surface area contributed by atoms with Gasteiger partial charge in [0.1, 0.15) is 6.04 Å². The Labute approximate surface area is 106 Å². The molecule has 0 spiro atoms. The lowest BCUT2D eigenvalue weighted by Crippen LogP contribution is -2.36. The molecule has 1 atom stereocenters. The number of nitrogens with one attached hydrogen (secondary N) is 1. The van der Waals surface area contributed by atoms with E-state index in [1.807, 2.05) is 32.0 Å². The van der Waals surface area contributed by atoms with Crippen LogP contribution in [0.2, 0.25) is 0 Å². The molecule has 1 N–H and O–H groups in total. The van der Waals surface area contributed by atoms with Gasteiger partial charge in [0.05, 0.1) is 0 Å². The van der Waals surface area contributed by atoms with Gasteiger partial charge in [0.15, 0.2) is 0 Å². The largest absolute Gasteiger partial charge is 0.337 e. The number of amides is 2. The number of likely N-dealkylation sites (N-methyl/N-ethyl adjacent to an activating group) is 1. The van der Waals surface area contributed by atoms with Gasteiger partial charge in [-0.3, -0.25) is 9.59 Å². The Morgan fingerprint density at radius 3 is 2.89 bits per heavy atom. The van der Waals surface area contributed by atoms with Crippen LogP contribution in [0.4, 0.5) is 5.69 Å². The normalized spacial score (nSPS) is 17.6. The molecule has 0 aliphatic carbocycles. The molecule has 4 heteroatoms. The molecule has 0 radical (unpaired) electrons. The summed E-state index contributed by atoms with van der Waals surface area (Å²) >= 11 is 0. The van der Waals surface area contributed by atoms with E-state index in [2.05, 4.69) is 11.9 Å². The number of carbonyl (C=O) groups excluding carboxylic acids is 2. The minimum atomic E-state index is -0.592. The Balaban J connectivity index is 2.44. The number of carbonyl (C=O) groups is 2. The number of aryl methyl sites for hydroxylation is 1. The summed E-state index contributed by atoms with van der Waals surface area (Å²) in [5.74, 6) is -0.424. The first-order valence-electron chi connectivity index (χ1n) is 5.93. The number of rotatable bonds is 3. The lowest BCUT2D eigenvalue weighted by Gasteiger charge is -2.15. The molecule has 0 fully saturated rings. The van der Waals surface area contributed by atoms with Gasteiger partial charge in [-0.2, -0.15) is 0 Å². The van der Waals surface area contributed by atoms with Crippen molar-refractivity contribution in [1.82, 2.24) is 5.32 Å². The smallest absolute Gasteiger partial charge is 0.254 e. The molecule has 0 saturated carbocycles. The molecular formula is C14H16N2O2. The van der Waals surface area contributed by atoms with E-state index in [9.17, 15) is 9.59 Å². The summed E-state index contributed by atoms with van der Waals surface area (Å²) < 4.78 is 0. The molecule has 1 aromatic carbocycles. The SMILES string of the molecule is C=CC(=O)NC1C(=O)N(CC)c2ccc(C)cc21. The second-order valence-electron chi connectivity index (χ2n) is 4.29. The molecule has 1 heterocycles. The fourth-order valence-electron chi connectivity index (χ4n) is 2.23. The molecule has 1 aliphatic heterocycles. The van der Waals surface area contributed by atoms with Crippen molar-refractivity contribution in [2.45, 2.75) is 19.9 Å². The fraction of sp³-hybridized carbons (Fsp3) is 0.286. The molecule has 2 amide bonds. The Morgan fingerprint density at radius 1 is 1.56 bits per heavy atom. The lowest BCUT2D eigenvalue weighted by molar-refractivity contribution is -0.124. The van der Waals surface area contributed by atoms with Crippen LogP contribution in [0, 0.1) is 6.92 Å². The van der Waals surface area contributed by atoms with Gasteiger partial charge in [0.25, 0.3) is 5.91 Å². The average Bonchev–Trinajstić information content (AvgIpc) is 2.62. The summed E-state index contributed by atoms with van der Waals surface area (Å²) in [6.07, 6.45) is 1.18. The standard InChI is InChI=1S/C14H16N2O2/c1-4-12(17)15-13-10-8-9(3)6-7-11(10)16(5-2)14(13)18/h4,6-8,13H,1,5H2,2-3H3,(H,15,17). The first-order valence-corrected chi connectivity index (χ1v) is 5.93. The summed E-state index contributed by atoms with van der Waals surface area (Å²) in [6, 6.07) is 5.24. The van der Waals surface area contributed by atoms with Crippen LogP contribution in [0.15, 0.2) is 30.9 Å². The molecule has 0 bridgehead atoms. The molecule has 1 aromatic rings. The van der Waals surface area contributed by atoms with Gasteiger partial charge in [-0.25, -0.2) is 0 Å². The first-order chi connectivity index (χ1) is 8.58. The second kappa shape index (κ2) is 4.64. The van der Waals surface area contributed by atoms with Crippen LogP contribution in [0.5, 0.6) is 0 Å². The quantitative estimate of drug-likeness (QED) is 0.823. The van der Waals surface area contributed by atoms with Crippen LogP contribution in [0.25, 0.3) is 0 Å². The van der Waals surface area contributed by atoms with Crippen LogP contribution in [-0.2, 0) is 9.59 Å². The Hall–Kier alpha value is -2.10. The van der Waals surface area contributed by atoms with Crippen LogP contribution in [0.3, 0.4) is 0 Å². The van der Waals surface area contributed by atoms with Crippen LogP contribution >= 0.6 is 0 Å². The van der Waals surface area contributed by atoms with Crippen molar-refractivity contribution < 1.29 is 9.59 Å². The average molecular weight is 244 g/mol. The van der Waals surface area contributed by atoms with Gasteiger partial charge in [0, 0.05) is 17.8 Å². The van der Waals surface area contributed by atoms with Crippen molar-refractivity contribution in [3.05, 3.63) is 42.0 Å². The van der Waals surface area contributed by atoms with Gasteiger partial charge >= 0.3 is 0 Å².